The van der Waals surface area contributed by atoms with Crippen molar-refractivity contribution in [1.29, 1.82) is 0 Å². The van der Waals surface area contributed by atoms with E-state index >= 15 is 0 Å². The van der Waals surface area contributed by atoms with E-state index in [1.54, 1.807) is 7.05 Å². The van der Waals surface area contributed by atoms with E-state index in [4.69, 9.17) is 4.84 Å². The van der Waals surface area contributed by atoms with Gasteiger partial charge in [-0.25, -0.2) is 9.86 Å². The zero-order valence-electron chi connectivity index (χ0n) is 14.5. The Bertz CT molecular complexity index is 694. The van der Waals surface area contributed by atoms with Crippen LogP contribution in [0.3, 0.4) is 0 Å². The lowest BCUT2D eigenvalue weighted by Crippen LogP contribution is -2.45. The normalized spacial score (nSPS) is 20.8. The molecule has 0 saturated heterocycles. The van der Waals surface area contributed by atoms with Gasteiger partial charge >= 0.3 is 6.03 Å². The number of hydrogen-bond donors (Lipinski definition) is 1. The van der Waals surface area contributed by atoms with Gasteiger partial charge in [0.05, 0.1) is 30.5 Å². The van der Waals surface area contributed by atoms with E-state index in [1.165, 1.54) is 15.5 Å². The van der Waals surface area contributed by atoms with E-state index in [0.717, 1.165) is 5.56 Å². The summed E-state index contributed by atoms with van der Waals surface area (Å²) in [7, 11) is 1.67. The van der Waals surface area contributed by atoms with Crippen molar-refractivity contribution in [3.8, 4) is 0 Å². The standard InChI is InChI=1S/C18H23N3O3/c1-5-24-21-10-14-15(17(21)22)16(19-18(23)20(14)4)13-8-6-12(7-9-13)11(2)3/h6-9,11,16H,5,10H2,1-4H3,(H,19,23). The Morgan fingerprint density at radius 2 is 1.92 bits per heavy atom. The van der Waals surface area contributed by atoms with Crippen molar-refractivity contribution in [2.24, 2.45) is 0 Å². The van der Waals surface area contributed by atoms with Crippen LogP contribution in [0.15, 0.2) is 35.5 Å². The van der Waals surface area contributed by atoms with Crippen molar-refractivity contribution < 1.29 is 14.4 Å². The number of likely N-dealkylation sites (N-methyl/N-ethyl adjacent to an activating group) is 1. The molecule has 24 heavy (non-hydrogen) atoms. The third kappa shape index (κ3) is 2.67. The van der Waals surface area contributed by atoms with Crippen LogP contribution in [0.4, 0.5) is 4.79 Å². The van der Waals surface area contributed by atoms with E-state index in [1.807, 2.05) is 31.2 Å². The predicted octanol–water partition coefficient (Wildman–Crippen LogP) is 2.55. The summed E-state index contributed by atoms with van der Waals surface area (Å²) in [5.41, 5.74) is 3.42. The van der Waals surface area contributed by atoms with Crippen LogP contribution in [0, 0.1) is 0 Å². The molecule has 0 radical (unpaired) electrons. The average Bonchev–Trinajstić information content (AvgIpc) is 2.89. The van der Waals surface area contributed by atoms with Crippen LogP contribution in [0.5, 0.6) is 0 Å². The molecule has 3 rings (SSSR count). The van der Waals surface area contributed by atoms with Crippen molar-refractivity contribution in [1.82, 2.24) is 15.3 Å². The van der Waals surface area contributed by atoms with Gasteiger partial charge in [0.25, 0.3) is 5.91 Å². The summed E-state index contributed by atoms with van der Waals surface area (Å²) in [4.78, 5) is 31.9. The molecule has 0 aliphatic carbocycles. The maximum absolute atomic E-state index is 12.7. The second-order valence-corrected chi connectivity index (χ2v) is 6.38. The number of benzene rings is 1. The number of carbonyl (C=O) groups is 2. The Morgan fingerprint density at radius 1 is 1.25 bits per heavy atom. The summed E-state index contributed by atoms with van der Waals surface area (Å²) in [5.74, 6) is 0.249. The summed E-state index contributed by atoms with van der Waals surface area (Å²) < 4.78 is 0. The van der Waals surface area contributed by atoms with Gasteiger partial charge in [0.1, 0.15) is 0 Å². The van der Waals surface area contributed by atoms with Gasteiger partial charge in [0.15, 0.2) is 0 Å². The summed E-state index contributed by atoms with van der Waals surface area (Å²) in [6.07, 6.45) is 0. The summed E-state index contributed by atoms with van der Waals surface area (Å²) >= 11 is 0. The lowest BCUT2D eigenvalue weighted by Gasteiger charge is -2.31. The molecule has 128 valence electrons. The summed E-state index contributed by atoms with van der Waals surface area (Å²) in [6.45, 7) is 6.80. The fraction of sp³-hybridized carbons (Fsp3) is 0.444. The zero-order chi connectivity index (χ0) is 17.4. The molecule has 0 saturated carbocycles. The molecule has 0 fully saturated rings. The molecule has 1 aromatic rings. The number of amides is 3. The molecule has 1 N–H and O–H groups in total. The largest absolute Gasteiger partial charge is 0.327 e. The maximum Gasteiger partial charge on any atom is 0.322 e. The van der Waals surface area contributed by atoms with Gasteiger partial charge in [0.2, 0.25) is 0 Å². The monoisotopic (exact) mass is 329 g/mol. The number of nitrogens with zero attached hydrogens (tertiary/aromatic N) is 2. The highest BCUT2D eigenvalue weighted by molar-refractivity contribution is 6.00. The SMILES string of the molecule is CCON1CC2=C(C1=O)C(c1ccc(C(C)C)cc1)NC(=O)N2C. The highest BCUT2D eigenvalue weighted by Gasteiger charge is 2.43. The number of urea groups is 1. The van der Waals surface area contributed by atoms with E-state index in [9.17, 15) is 9.59 Å². The van der Waals surface area contributed by atoms with E-state index in [2.05, 4.69) is 19.2 Å². The molecular weight excluding hydrogens is 306 g/mol. The predicted molar refractivity (Wildman–Crippen MR) is 89.9 cm³/mol. The average molecular weight is 329 g/mol. The van der Waals surface area contributed by atoms with Gasteiger partial charge in [-0.05, 0) is 24.0 Å². The fourth-order valence-corrected chi connectivity index (χ4v) is 3.13. The molecule has 0 aromatic heterocycles. The Labute approximate surface area is 142 Å². The van der Waals surface area contributed by atoms with Gasteiger partial charge in [-0.15, -0.1) is 0 Å². The van der Waals surface area contributed by atoms with Gasteiger partial charge in [0, 0.05) is 7.05 Å². The topological polar surface area (TPSA) is 61.9 Å². The van der Waals surface area contributed by atoms with Crippen LogP contribution < -0.4 is 5.32 Å². The minimum absolute atomic E-state index is 0.184. The second kappa shape index (κ2) is 6.28. The third-order valence-corrected chi connectivity index (χ3v) is 4.55. The lowest BCUT2D eigenvalue weighted by molar-refractivity contribution is -0.174. The van der Waals surface area contributed by atoms with Crippen molar-refractivity contribution in [3.63, 3.8) is 0 Å². The molecular formula is C18H23N3O3. The molecule has 2 heterocycles. The molecule has 2 aliphatic heterocycles. The van der Waals surface area contributed by atoms with Gasteiger partial charge in [-0.2, -0.15) is 0 Å². The highest BCUT2D eigenvalue weighted by Crippen LogP contribution is 2.36. The second-order valence-electron chi connectivity index (χ2n) is 6.38. The number of hydrogen-bond acceptors (Lipinski definition) is 3. The number of rotatable bonds is 4. The lowest BCUT2D eigenvalue weighted by atomic mass is 9.93. The molecule has 1 unspecified atom stereocenters. The van der Waals surface area contributed by atoms with Crippen LogP contribution in [0.2, 0.25) is 0 Å². The fourth-order valence-electron chi connectivity index (χ4n) is 3.13. The number of carbonyl (C=O) groups excluding carboxylic acids is 2. The van der Waals surface area contributed by atoms with Gasteiger partial charge < -0.3 is 5.32 Å². The molecule has 1 atom stereocenters. The summed E-state index contributed by atoms with van der Waals surface area (Å²) in [5, 5.41) is 4.25. The van der Waals surface area contributed by atoms with Gasteiger partial charge in [-0.1, -0.05) is 38.1 Å². The first-order valence-corrected chi connectivity index (χ1v) is 8.26. The van der Waals surface area contributed by atoms with Crippen LogP contribution >= 0.6 is 0 Å². The number of hydroxylamine groups is 2. The summed E-state index contributed by atoms with van der Waals surface area (Å²) in [6, 6.07) is 7.40. The molecule has 0 spiro atoms. The van der Waals surface area contributed by atoms with Crippen molar-refractivity contribution >= 4 is 11.9 Å². The van der Waals surface area contributed by atoms with Crippen molar-refractivity contribution in [3.05, 3.63) is 46.7 Å². The van der Waals surface area contributed by atoms with Crippen LogP contribution in [-0.2, 0) is 9.63 Å². The zero-order valence-corrected chi connectivity index (χ0v) is 14.5. The molecule has 2 aliphatic rings. The van der Waals surface area contributed by atoms with E-state index in [-0.39, 0.29) is 11.9 Å². The Kier molecular flexibility index (Phi) is 4.32. The molecule has 6 heteroatoms. The van der Waals surface area contributed by atoms with Crippen LogP contribution in [0.1, 0.15) is 43.9 Å². The van der Waals surface area contributed by atoms with E-state index < -0.39 is 6.04 Å². The van der Waals surface area contributed by atoms with Crippen molar-refractivity contribution in [2.75, 3.05) is 20.2 Å². The quantitative estimate of drug-likeness (QED) is 0.923. The first-order valence-electron chi connectivity index (χ1n) is 8.26. The van der Waals surface area contributed by atoms with E-state index in [0.29, 0.717) is 30.3 Å². The molecule has 3 amide bonds. The first kappa shape index (κ1) is 16.5. The third-order valence-electron chi connectivity index (χ3n) is 4.55. The Hall–Kier alpha value is -2.34. The minimum atomic E-state index is -0.442. The maximum atomic E-state index is 12.7. The molecule has 1 aromatic carbocycles. The minimum Gasteiger partial charge on any atom is -0.327 e. The first-order chi connectivity index (χ1) is 11.4. The smallest absolute Gasteiger partial charge is 0.322 e. The Balaban J connectivity index is 1.98. The van der Waals surface area contributed by atoms with Gasteiger partial charge in [-0.3, -0.25) is 14.5 Å². The van der Waals surface area contributed by atoms with Crippen LogP contribution in [-0.4, -0.2) is 42.1 Å². The van der Waals surface area contributed by atoms with Crippen LogP contribution in [0.25, 0.3) is 0 Å². The number of nitrogens with one attached hydrogen (secondary N) is 1. The van der Waals surface area contributed by atoms with Crippen molar-refractivity contribution in [2.45, 2.75) is 32.7 Å². The molecule has 0 bridgehead atoms. The molecule has 6 nitrogen and oxygen atoms in total. The highest BCUT2D eigenvalue weighted by atomic mass is 16.7. The Morgan fingerprint density at radius 3 is 2.50 bits per heavy atom.